The van der Waals surface area contributed by atoms with Crippen LogP contribution in [0, 0.1) is 10.1 Å². The molecule has 0 saturated carbocycles. The van der Waals surface area contributed by atoms with E-state index in [2.05, 4.69) is 20.7 Å². The van der Waals surface area contributed by atoms with E-state index in [1.54, 1.807) is 14.2 Å². The lowest BCUT2D eigenvalue weighted by molar-refractivity contribution is -0.385. The van der Waals surface area contributed by atoms with Crippen LogP contribution in [0.25, 0.3) is 0 Å². The van der Waals surface area contributed by atoms with Gasteiger partial charge in [-0.05, 0) is 19.1 Å². The number of halogens is 1. The topological polar surface area (TPSA) is 116 Å². The van der Waals surface area contributed by atoms with Crippen LogP contribution in [0.2, 0.25) is 0 Å². The van der Waals surface area contributed by atoms with Gasteiger partial charge in [-0.3, -0.25) is 19.8 Å². The van der Waals surface area contributed by atoms with E-state index in [9.17, 15) is 10.1 Å². The van der Waals surface area contributed by atoms with Crippen LogP contribution in [0.4, 0.5) is 11.4 Å². The molecule has 2 N–H and O–H groups in total. The summed E-state index contributed by atoms with van der Waals surface area (Å²) < 4.78 is 12.3. The Morgan fingerprint density at radius 1 is 1.41 bits per heavy atom. The van der Waals surface area contributed by atoms with Crippen LogP contribution in [-0.2, 0) is 6.54 Å². The Morgan fingerprint density at radius 2 is 2.19 bits per heavy atom. The van der Waals surface area contributed by atoms with Crippen LogP contribution in [0.15, 0.2) is 35.6 Å². The summed E-state index contributed by atoms with van der Waals surface area (Å²) in [6.45, 7) is 3.39. The van der Waals surface area contributed by atoms with Crippen molar-refractivity contribution in [2.24, 2.45) is 4.99 Å². The Labute approximate surface area is 174 Å². The lowest BCUT2D eigenvalue weighted by Gasteiger charge is -2.14. The molecule has 10 nitrogen and oxygen atoms in total. The molecule has 0 unspecified atom stereocenters. The first-order valence-corrected chi connectivity index (χ1v) is 8.02. The van der Waals surface area contributed by atoms with Gasteiger partial charge in [0.25, 0.3) is 0 Å². The number of nitrogens with one attached hydrogen (secondary N) is 2. The van der Waals surface area contributed by atoms with Gasteiger partial charge in [-0.2, -0.15) is 5.10 Å². The van der Waals surface area contributed by atoms with Crippen LogP contribution < -0.4 is 20.1 Å². The van der Waals surface area contributed by atoms with Gasteiger partial charge >= 0.3 is 5.69 Å². The fraction of sp³-hybridized carbons (Fsp3) is 0.375. The lowest BCUT2D eigenvalue weighted by atomic mass is 10.2. The molecule has 0 saturated heterocycles. The predicted octanol–water partition coefficient (Wildman–Crippen LogP) is 2.50. The Bertz CT molecular complexity index is 780. The zero-order valence-corrected chi connectivity index (χ0v) is 17.7. The van der Waals surface area contributed by atoms with E-state index < -0.39 is 4.92 Å². The normalized spacial score (nSPS) is 10.7. The van der Waals surface area contributed by atoms with Gasteiger partial charge in [0.1, 0.15) is 12.4 Å². The molecule has 1 heterocycles. The monoisotopic (exact) mass is 490 g/mol. The highest BCUT2D eigenvalue weighted by Crippen LogP contribution is 2.30. The largest absolute Gasteiger partial charge is 0.493 e. The van der Waals surface area contributed by atoms with Crippen molar-refractivity contribution in [1.29, 1.82) is 0 Å². The molecule has 0 aliphatic rings. The third-order valence-corrected chi connectivity index (χ3v) is 3.41. The molecular formula is C16H23IN6O4. The van der Waals surface area contributed by atoms with Crippen LogP contribution >= 0.6 is 24.0 Å². The summed E-state index contributed by atoms with van der Waals surface area (Å²) in [6, 6.07) is 5.49. The molecule has 0 radical (unpaired) electrons. The summed E-state index contributed by atoms with van der Waals surface area (Å²) >= 11 is 0. The van der Waals surface area contributed by atoms with Crippen LogP contribution in [-0.4, -0.2) is 48.0 Å². The summed E-state index contributed by atoms with van der Waals surface area (Å²) in [4.78, 5) is 14.3. The van der Waals surface area contributed by atoms with Crippen molar-refractivity contribution >= 4 is 41.3 Å². The van der Waals surface area contributed by atoms with Gasteiger partial charge in [-0.25, -0.2) is 0 Å². The van der Waals surface area contributed by atoms with Gasteiger partial charge in [0, 0.05) is 25.3 Å². The molecule has 1 aromatic heterocycles. The maximum Gasteiger partial charge on any atom is 0.306 e. The average molecular weight is 490 g/mol. The number of aromatic nitrogens is 2. The number of methoxy groups -OCH3 is 1. The van der Waals surface area contributed by atoms with Gasteiger partial charge in [0.2, 0.25) is 0 Å². The van der Waals surface area contributed by atoms with E-state index in [1.807, 2.05) is 25.1 Å². The van der Waals surface area contributed by atoms with E-state index in [1.165, 1.54) is 17.1 Å². The first kappa shape index (κ1) is 22.5. The smallest absolute Gasteiger partial charge is 0.306 e. The molecule has 2 rings (SSSR count). The molecule has 0 amide bonds. The molecule has 0 fully saturated rings. The highest BCUT2D eigenvalue weighted by molar-refractivity contribution is 14.0. The molecule has 0 aliphatic heterocycles. The van der Waals surface area contributed by atoms with E-state index in [-0.39, 0.29) is 29.7 Å². The van der Waals surface area contributed by atoms with Crippen molar-refractivity contribution in [1.82, 2.24) is 15.1 Å². The average Bonchev–Trinajstić information content (AvgIpc) is 3.10. The summed E-state index contributed by atoms with van der Waals surface area (Å²) in [7, 11) is 3.24. The minimum Gasteiger partial charge on any atom is -0.493 e. The van der Waals surface area contributed by atoms with Gasteiger partial charge in [0.05, 0.1) is 25.2 Å². The van der Waals surface area contributed by atoms with E-state index in [0.717, 1.165) is 5.69 Å². The summed E-state index contributed by atoms with van der Waals surface area (Å²) in [5, 5.41) is 20.9. The molecule has 0 atom stereocenters. The number of rotatable bonds is 8. The van der Waals surface area contributed by atoms with Crippen LogP contribution in [0.5, 0.6) is 11.5 Å². The molecule has 0 spiro atoms. The first-order chi connectivity index (χ1) is 12.6. The van der Waals surface area contributed by atoms with Crippen molar-refractivity contribution in [2.45, 2.75) is 13.5 Å². The molecule has 1 aromatic carbocycles. The Balaban J connectivity index is 0.00000364. The predicted molar refractivity (Wildman–Crippen MR) is 113 cm³/mol. The van der Waals surface area contributed by atoms with Gasteiger partial charge < -0.3 is 20.1 Å². The Kier molecular flexibility index (Phi) is 9.33. The second kappa shape index (κ2) is 11.2. The fourth-order valence-electron chi connectivity index (χ4n) is 2.20. The number of ether oxygens (including phenoxy) is 2. The van der Waals surface area contributed by atoms with Gasteiger partial charge in [-0.15, -0.1) is 24.0 Å². The van der Waals surface area contributed by atoms with Crippen LogP contribution in [0.3, 0.4) is 0 Å². The zero-order valence-electron chi connectivity index (χ0n) is 15.3. The zero-order chi connectivity index (χ0) is 18.9. The van der Waals surface area contributed by atoms with Crippen molar-refractivity contribution in [2.75, 3.05) is 32.6 Å². The number of nitro groups is 1. The second-order valence-corrected chi connectivity index (χ2v) is 5.14. The number of guanidine groups is 1. The molecular weight excluding hydrogens is 467 g/mol. The molecule has 0 aliphatic carbocycles. The van der Waals surface area contributed by atoms with Gasteiger partial charge in [0.15, 0.2) is 17.5 Å². The number of hydrogen-bond donors (Lipinski definition) is 2. The quantitative estimate of drug-likeness (QED) is 0.192. The Hall–Kier alpha value is -2.57. The van der Waals surface area contributed by atoms with Gasteiger partial charge in [-0.1, -0.05) is 0 Å². The Morgan fingerprint density at radius 3 is 2.78 bits per heavy atom. The summed E-state index contributed by atoms with van der Waals surface area (Å²) in [5.41, 5.74) is 0.756. The number of hydrogen-bond acceptors (Lipinski definition) is 6. The van der Waals surface area contributed by atoms with E-state index >= 15 is 0 Å². The number of anilines is 1. The fourth-order valence-corrected chi connectivity index (χ4v) is 2.20. The third-order valence-electron chi connectivity index (χ3n) is 3.41. The third kappa shape index (κ3) is 6.58. The lowest BCUT2D eigenvalue weighted by Crippen LogP contribution is -2.33. The summed E-state index contributed by atoms with van der Waals surface area (Å²) in [6.07, 6.45) is 2.61. The molecule has 2 aromatic rings. The SMILES string of the molecule is CCOc1cc(NC(=NC)NCCn2cc([N+](=O)[O-])cn2)ccc1OC.I. The first-order valence-electron chi connectivity index (χ1n) is 8.02. The van der Waals surface area contributed by atoms with E-state index in [0.29, 0.717) is 37.2 Å². The highest BCUT2D eigenvalue weighted by atomic mass is 127. The molecule has 148 valence electrons. The highest BCUT2D eigenvalue weighted by Gasteiger charge is 2.09. The van der Waals surface area contributed by atoms with Crippen molar-refractivity contribution < 1.29 is 14.4 Å². The molecule has 11 heteroatoms. The molecule has 27 heavy (non-hydrogen) atoms. The standard InChI is InChI=1S/C16H22N6O4.HI/c1-4-26-15-9-12(5-6-14(15)25-3)20-16(17-2)18-7-8-21-11-13(10-19-21)22(23)24;/h5-6,9-11H,4,7-8H2,1-3H3,(H2,17,18,20);1H. The molecule has 0 bridgehead atoms. The van der Waals surface area contributed by atoms with Crippen molar-refractivity contribution in [3.05, 3.63) is 40.7 Å². The number of benzene rings is 1. The second-order valence-electron chi connectivity index (χ2n) is 5.14. The maximum atomic E-state index is 10.7. The summed E-state index contributed by atoms with van der Waals surface area (Å²) in [5.74, 6) is 1.85. The number of nitrogens with zero attached hydrogens (tertiary/aromatic N) is 4. The minimum atomic E-state index is -0.475. The van der Waals surface area contributed by atoms with Crippen molar-refractivity contribution in [3.8, 4) is 11.5 Å². The maximum absolute atomic E-state index is 10.7. The van der Waals surface area contributed by atoms with Crippen molar-refractivity contribution in [3.63, 3.8) is 0 Å². The number of aliphatic imine (C=N–C) groups is 1. The van der Waals surface area contributed by atoms with Crippen LogP contribution in [0.1, 0.15) is 6.92 Å². The minimum absolute atomic E-state index is 0. The van der Waals surface area contributed by atoms with E-state index in [4.69, 9.17) is 9.47 Å².